The van der Waals surface area contributed by atoms with Gasteiger partial charge in [0.2, 0.25) is 6.16 Å². The predicted molar refractivity (Wildman–Crippen MR) is 24.1 cm³/mol. The normalized spacial score (nSPS) is 4.80. The molecule has 0 rings (SSSR count). The maximum Gasteiger partial charge on any atom is 1.00 e. The van der Waals surface area contributed by atoms with E-state index in [0.29, 0.717) is 0 Å². The van der Waals surface area contributed by atoms with Crippen LogP contribution in [0, 0.1) is 0 Å². The number of hydrogen-bond donors (Lipinski definition) is 3. The summed E-state index contributed by atoms with van der Waals surface area (Å²) in [6.07, 6.45) is -6.25. The third-order valence-electron chi connectivity index (χ3n) is 0. The van der Waals surface area contributed by atoms with Gasteiger partial charge in [0.15, 0.2) is 0 Å². The van der Waals surface area contributed by atoms with Crippen molar-refractivity contribution in [2.45, 2.75) is 0 Å². The molecule has 0 amide bonds. The molecule has 0 aliphatic rings. The van der Waals surface area contributed by atoms with E-state index in [1.807, 2.05) is 0 Å². The molecule has 0 aromatic rings. The van der Waals surface area contributed by atoms with Crippen LogP contribution in [0.2, 0.25) is 0 Å². The van der Waals surface area contributed by atoms with Gasteiger partial charge in [-0.3, -0.25) is 0 Å². The van der Waals surface area contributed by atoms with Crippen LogP contribution in [0.5, 0.6) is 0 Å². The van der Waals surface area contributed by atoms with Crippen LogP contribution in [-0.4, -0.2) is 33.8 Å². The van der Waals surface area contributed by atoms with Gasteiger partial charge in [0.25, 0.3) is 0 Å². The average Bonchev–Trinajstić information content (AvgIpc) is 1.54. The van der Waals surface area contributed by atoms with Gasteiger partial charge in [-0.1, -0.05) is 0 Å². The van der Waals surface area contributed by atoms with Crippen LogP contribution in [0.15, 0.2) is 0 Å². The molecule has 12 heteroatoms. The first kappa shape index (κ1) is 36.0. The number of rotatable bonds is 0. The standard InChI is InChI=1S/3CH2O3.Cs.K.Li/c3*2-1(3)4;;;/h3*(H2,2,3,4);;;/q;;;3*+1/p-3. The van der Waals surface area contributed by atoms with Crippen molar-refractivity contribution in [3.8, 4) is 0 Å². The Morgan fingerprint density at radius 2 is 0.867 bits per heavy atom. The fraction of sp³-hybridized carbons (Fsp3) is 0. The molecule has 0 bridgehead atoms. The Kier molecular flexibility index (Phi) is 71.5. The molecular formula is C3H3CsKLiO9. The molecule has 0 aromatic heterocycles. The van der Waals surface area contributed by atoms with E-state index < -0.39 is 18.5 Å². The molecule has 0 aromatic carbocycles. The Labute approximate surface area is 197 Å². The molecule has 0 aliphatic carbocycles. The molecule has 0 fully saturated rings. The van der Waals surface area contributed by atoms with E-state index in [0.717, 1.165) is 0 Å². The fourth-order valence-electron chi connectivity index (χ4n) is 0. The zero-order chi connectivity index (χ0) is 10.7. The number of carbonyl (C=O) groups is 3. The molecule has 3 N–H and O–H groups in total. The van der Waals surface area contributed by atoms with Gasteiger partial charge in [0.1, 0.15) is 0 Å². The molecule has 0 atom stereocenters. The minimum Gasteiger partial charge on any atom is -0.652 e. The van der Waals surface area contributed by atoms with Gasteiger partial charge in [-0.05, 0) is 6.16 Å². The molecule has 9 nitrogen and oxygen atoms in total. The smallest absolute Gasteiger partial charge is 0.652 e. The first-order valence-corrected chi connectivity index (χ1v) is 1.90. The molecular weight excluding hydrogens is 359 g/mol. The quantitative estimate of drug-likeness (QED) is 0.352. The summed E-state index contributed by atoms with van der Waals surface area (Å²) in [4.78, 5) is 25.3. The van der Waals surface area contributed by atoms with Crippen LogP contribution in [-0.2, 0) is 0 Å². The van der Waals surface area contributed by atoms with Crippen molar-refractivity contribution >= 4 is 18.5 Å². The molecule has 0 aliphatic heterocycles. The van der Waals surface area contributed by atoms with Crippen LogP contribution < -0.4 is 154 Å². The van der Waals surface area contributed by atoms with Crippen molar-refractivity contribution in [2.75, 3.05) is 0 Å². The Hall–Kier alpha value is 2.10. The summed E-state index contributed by atoms with van der Waals surface area (Å²) in [5, 5.41) is 45.9. The SMILES string of the molecule is O=C(O)O.O=C([O-])O.O=C([O-])[O-].[Cs+].[K+].[Li+]. The van der Waals surface area contributed by atoms with E-state index >= 15 is 0 Å². The minimum atomic E-state index is -2.33. The maximum atomic E-state index is 8.56. The Morgan fingerprint density at radius 3 is 0.867 bits per heavy atom. The van der Waals surface area contributed by atoms with Crippen molar-refractivity contribution in [1.82, 2.24) is 0 Å². The van der Waals surface area contributed by atoms with E-state index in [-0.39, 0.29) is 139 Å². The summed E-state index contributed by atoms with van der Waals surface area (Å²) in [5.74, 6) is 0. The molecule has 0 saturated heterocycles. The number of hydrogen-bond acceptors (Lipinski definition) is 6. The van der Waals surface area contributed by atoms with E-state index in [9.17, 15) is 0 Å². The van der Waals surface area contributed by atoms with Crippen LogP contribution in [0.3, 0.4) is 0 Å². The summed E-state index contributed by atoms with van der Waals surface area (Å²) in [6.45, 7) is 0. The summed E-state index contributed by atoms with van der Waals surface area (Å²) < 4.78 is 0. The van der Waals surface area contributed by atoms with Crippen LogP contribution in [0.4, 0.5) is 14.4 Å². The van der Waals surface area contributed by atoms with Gasteiger partial charge in [-0.2, -0.15) is 0 Å². The molecule has 15 heavy (non-hydrogen) atoms. The largest absolute Gasteiger partial charge is 1.00 e. The number of carbonyl (C=O) groups excluding carboxylic acids is 1. The van der Waals surface area contributed by atoms with Crippen LogP contribution in [0.25, 0.3) is 0 Å². The summed E-state index contributed by atoms with van der Waals surface area (Å²) in [5.41, 5.74) is 0. The van der Waals surface area contributed by atoms with Crippen molar-refractivity contribution < 1.29 is 184 Å². The summed E-state index contributed by atoms with van der Waals surface area (Å²) in [6, 6.07) is 0. The summed E-state index contributed by atoms with van der Waals surface area (Å²) in [7, 11) is 0. The van der Waals surface area contributed by atoms with Crippen LogP contribution >= 0.6 is 0 Å². The van der Waals surface area contributed by atoms with Crippen LogP contribution in [0.1, 0.15) is 0 Å². The van der Waals surface area contributed by atoms with Gasteiger partial charge in [0, 0.05) is 0 Å². The first-order valence-electron chi connectivity index (χ1n) is 1.90. The van der Waals surface area contributed by atoms with E-state index in [4.69, 9.17) is 45.0 Å². The Bertz CT molecular complexity index is 123. The second-order valence-electron chi connectivity index (χ2n) is 0.798. The van der Waals surface area contributed by atoms with Crippen molar-refractivity contribution in [3.05, 3.63) is 0 Å². The fourth-order valence-corrected chi connectivity index (χ4v) is 0. The second-order valence-corrected chi connectivity index (χ2v) is 0.798. The topological polar surface area (TPSA) is 181 Å². The molecule has 72 valence electrons. The van der Waals surface area contributed by atoms with Crippen molar-refractivity contribution in [2.24, 2.45) is 0 Å². The van der Waals surface area contributed by atoms with Gasteiger partial charge in [-0.15, -0.1) is 0 Å². The minimum absolute atomic E-state index is 0. The Balaban J connectivity index is -0.0000000184. The number of carboxylic acid groups (broad SMARTS) is 6. The maximum absolute atomic E-state index is 8.56. The third-order valence-corrected chi connectivity index (χ3v) is 0. The van der Waals surface area contributed by atoms with E-state index in [2.05, 4.69) is 0 Å². The zero-order valence-corrected chi connectivity index (χ0v) is 17.7. The third kappa shape index (κ3) is 728. The molecule has 0 unspecified atom stereocenters. The molecule has 0 heterocycles. The second kappa shape index (κ2) is 29.8. The molecule has 0 radical (unpaired) electrons. The summed E-state index contributed by atoms with van der Waals surface area (Å²) >= 11 is 0. The Morgan fingerprint density at radius 1 is 0.867 bits per heavy atom. The van der Waals surface area contributed by atoms with E-state index in [1.165, 1.54) is 0 Å². The molecule has 0 saturated carbocycles. The van der Waals surface area contributed by atoms with E-state index in [1.54, 1.807) is 0 Å². The van der Waals surface area contributed by atoms with Crippen molar-refractivity contribution in [3.63, 3.8) is 0 Å². The zero-order valence-electron chi connectivity index (χ0n) is 8.29. The van der Waals surface area contributed by atoms with Gasteiger partial charge in [-0.25, -0.2) is 4.79 Å². The van der Waals surface area contributed by atoms with Gasteiger partial charge >= 0.3 is 145 Å². The molecule has 0 spiro atoms. The van der Waals surface area contributed by atoms with Crippen molar-refractivity contribution in [1.29, 1.82) is 0 Å². The van der Waals surface area contributed by atoms with Gasteiger partial charge < -0.3 is 40.2 Å². The van der Waals surface area contributed by atoms with Gasteiger partial charge in [0.05, 0.1) is 0 Å². The monoisotopic (exact) mass is 362 g/mol. The predicted octanol–water partition coefficient (Wildman–Crippen LogP) is -12.3. The first-order chi connectivity index (χ1) is 5.20. The average molecular weight is 362 g/mol.